The Kier molecular flexibility index (Phi) is 10.6. The Labute approximate surface area is 212 Å². The van der Waals surface area contributed by atoms with Crippen LogP contribution in [0.2, 0.25) is 0 Å². The Morgan fingerprint density at radius 3 is 2.73 bits per heavy atom. The summed E-state index contributed by atoms with van der Waals surface area (Å²) in [6.07, 6.45) is -0.478. The molecule has 0 radical (unpaired) electrons. The molecule has 1 aliphatic rings. The van der Waals surface area contributed by atoms with Crippen LogP contribution in [0.4, 0.5) is 0 Å². The SMILES string of the molecule is CCCCN(OC)[C@H](C(=O)OP(=O)(O)OC[C@H]1O[C@@H](n2cc(C)c(=O)[nH]c2=O)C[C@@]1(O)N=[N+]=[N-])C(C)C. The summed E-state index contributed by atoms with van der Waals surface area (Å²) in [5.74, 6) is -1.41. The summed E-state index contributed by atoms with van der Waals surface area (Å²) in [4.78, 5) is 56.7. The normalized spacial score (nSPS) is 24.0. The third-order valence-electron chi connectivity index (χ3n) is 5.73. The summed E-state index contributed by atoms with van der Waals surface area (Å²) in [5.41, 5.74) is 5.31. The molecule has 1 aromatic rings. The van der Waals surface area contributed by atoms with Gasteiger partial charge < -0.3 is 19.2 Å². The predicted molar refractivity (Wildman–Crippen MR) is 128 cm³/mol. The summed E-state index contributed by atoms with van der Waals surface area (Å²) in [6.45, 7) is 6.34. The summed E-state index contributed by atoms with van der Waals surface area (Å²) in [6, 6.07) is -1.01. The minimum absolute atomic E-state index is 0.172. The highest BCUT2D eigenvalue weighted by Crippen LogP contribution is 2.46. The third kappa shape index (κ3) is 7.72. The number of hydrogen-bond acceptors (Lipinski definition) is 11. The molecule has 16 nitrogen and oxygen atoms in total. The van der Waals surface area contributed by atoms with E-state index < -0.39 is 62.2 Å². The average molecular weight is 548 g/mol. The summed E-state index contributed by atoms with van der Waals surface area (Å²) >= 11 is 0. The van der Waals surface area contributed by atoms with E-state index in [-0.39, 0.29) is 11.5 Å². The Morgan fingerprint density at radius 1 is 1.49 bits per heavy atom. The second kappa shape index (κ2) is 12.8. The van der Waals surface area contributed by atoms with E-state index in [1.165, 1.54) is 25.3 Å². The first kappa shape index (κ1) is 30.7. The molecule has 0 saturated carbocycles. The molecule has 1 aliphatic heterocycles. The number of phosphoric acid groups is 1. The fraction of sp³-hybridized carbons (Fsp3) is 0.750. The van der Waals surface area contributed by atoms with Gasteiger partial charge in [-0.1, -0.05) is 32.3 Å². The number of carbonyl (C=O) groups excluding carboxylic acids is 1. The number of unbranched alkanes of at least 4 members (excludes halogenated alkanes) is 1. The average Bonchev–Trinajstić information content (AvgIpc) is 3.12. The summed E-state index contributed by atoms with van der Waals surface area (Å²) in [7, 11) is -3.67. The largest absolute Gasteiger partial charge is 0.529 e. The maximum absolute atomic E-state index is 12.8. The van der Waals surface area contributed by atoms with Crippen LogP contribution in [-0.2, 0) is 28.0 Å². The van der Waals surface area contributed by atoms with Gasteiger partial charge in [0.15, 0.2) is 5.72 Å². The summed E-state index contributed by atoms with van der Waals surface area (Å²) < 4.78 is 28.8. The molecule has 37 heavy (non-hydrogen) atoms. The van der Waals surface area contributed by atoms with Crippen molar-refractivity contribution in [2.24, 2.45) is 11.0 Å². The highest BCUT2D eigenvalue weighted by atomic mass is 31.2. The van der Waals surface area contributed by atoms with Gasteiger partial charge in [-0.25, -0.2) is 14.2 Å². The van der Waals surface area contributed by atoms with Crippen molar-refractivity contribution in [2.45, 2.75) is 71.1 Å². The Balaban J connectivity index is 2.18. The van der Waals surface area contributed by atoms with E-state index in [2.05, 4.69) is 15.0 Å². The molecular formula is C20H33N6O10P. The topological polar surface area (TPSA) is 218 Å². The van der Waals surface area contributed by atoms with Crippen LogP contribution < -0.4 is 11.2 Å². The van der Waals surface area contributed by atoms with Crippen molar-refractivity contribution in [1.82, 2.24) is 14.6 Å². The van der Waals surface area contributed by atoms with Gasteiger partial charge in [0.2, 0.25) is 0 Å². The molecule has 0 spiro atoms. The lowest BCUT2D eigenvalue weighted by molar-refractivity contribution is -0.190. The van der Waals surface area contributed by atoms with E-state index in [4.69, 9.17) is 24.2 Å². The molecule has 0 aromatic carbocycles. The smallest absolute Gasteiger partial charge is 0.381 e. The van der Waals surface area contributed by atoms with Crippen molar-refractivity contribution in [1.29, 1.82) is 0 Å². The van der Waals surface area contributed by atoms with Crippen LogP contribution in [0.25, 0.3) is 10.4 Å². The minimum Gasteiger partial charge on any atom is -0.381 e. The number of hydroxylamine groups is 2. The minimum atomic E-state index is -5.04. The molecule has 1 aromatic heterocycles. The van der Waals surface area contributed by atoms with Gasteiger partial charge in [0.25, 0.3) is 5.56 Å². The zero-order chi connectivity index (χ0) is 28.0. The Bertz CT molecular complexity index is 1170. The maximum atomic E-state index is 12.8. The van der Waals surface area contributed by atoms with Gasteiger partial charge in [0.05, 0.1) is 13.7 Å². The first-order chi connectivity index (χ1) is 17.3. The number of aliphatic hydroxyl groups is 1. The molecule has 2 rings (SSSR count). The van der Waals surface area contributed by atoms with E-state index in [9.17, 15) is 28.9 Å². The van der Waals surface area contributed by atoms with Crippen LogP contribution in [0.1, 0.15) is 51.8 Å². The molecule has 2 heterocycles. The van der Waals surface area contributed by atoms with Crippen molar-refractivity contribution in [3.63, 3.8) is 0 Å². The number of nitrogens with zero attached hydrogens (tertiary/aromatic N) is 5. The van der Waals surface area contributed by atoms with Crippen molar-refractivity contribution in [3.8, 4) is 0 Å². The number of hydrogen-bond donors (Lipinski definition) is 3. The van der Waals surface area contributed by atoms with Crippen LogP contribution >= 0.6 is 7.82 Å². The number of H-pyrrole nitrogens is 1. The fourth-order valence-corrected chi connectivity index (χ4v) is 4.50. The number of phosphoric ester groups is 1. The van der Waals surface area contributed by atoms with Crippen molar-refractivity contribution >= 4 is 13.8 Å². The monoisotopic (exact) mass is 548 g/mol. The van der Waals surface area contributed by atoms with Gasteiger partial charge in [-0.15, -0.1) is 0 Å². The molecule has 3 N–H and O–H groups in total. The quantitative estimate of drug-likeness (QED) is 0.105. The van der Waals surface area contributed by atoms with E-state index in [0.29, 0.717) is 13.0 Å². The Hall–Kier alpha value is -2.55. The maximum Gasteiger partial charge on any atom is 0.529 e. The van der Waals surface area contributed by atoms with Crippen LogP contribution in [0.3, 0.4) is 0 Å². The molecule has 0 amide bonds. The van der Waals surface area contributed by atoms with Crippen molar-refractivity contribution < 1.29 is 38.0 Å². The molecule has 208 valence electrons. The molecule has 0 bridgehead atoms. The van der Waals surface area contributed by atoms with Gasteiger partial charge in [0, 0.05) is 29.6 Å². The van der Waals surface area contributed by atoms with Crippen LogP contribution in [0.5, 0.6) is 0 Å². The molecule has 1 saturated heterocycles. The van der Waals surface area contributed by atoms with Gasteiger partial charge in [-0.2, -0.15) is 5.06 Å². The number of aromatic amines is 1. The second-order valence-corrected chi connectivity index (χ2v) is 10.2. The number of aromatic nitrogens is 2. The number of carbonyl (C=O) groups is 1. The highest BCUT2D eigenvalue weighted by molar-refractivity contribution is 7.48. The first-order valence-corrected chi connectivity index (χ1v) is 13.1. The second-order valence-electron chi connectivity index (χ2n) is 8.87. The van der Waals surface area contributed by atoms with Gasteiger partial charge in [-0.3, -0.25) is 23.8 Å². The number of nitrogens with one attached hydrogen (secondary N) is 1. The lowest BCUT2D eigenvalue weighted by Gasteiger charge is -2.30. The molecule has 17 heteroatoms. The van der Waals surface area contributed by atoms with Gasteiger partial charge in [0.1, 0.15) is 18.4 Å². The number of rotatable bonds is 13. The van der Waals surface area contributed by atoms with Crippen LogP contribution in [0.15, 0.2) is 20.9 Å². The predicted octanol–water partition coefficient (Wildman–Crippen LogP) is 1.48. The number of azide groups is 1. The molecule has 0 aliphatic carbocycles. The van der Waals surface area contributed by atoms with Gasteiger partial charge in [-0.05, 0) is 24.8 Å². The Morgan fingerprint density at radius 2 is 2.16 bits per heavy atom. The molecule has 1 fully saturated rings. The standard InChI is InChI=1S/C20H33N6O10P/c1-6-7-8-26(33-5)16(12(2)3)18(28)36-37(31,32)34-11-14-20(30,23-24-21)9-15(35-14)25-10-13(4)17(27)22-19(25)29/h10,12,14-16,30H,6-9,11H2,1-5H3,(H,31,32)(H,22,27,29)/t14-,15-,16+,20+/m1/s1. The first-order valence-electron chi connectivity index (χ1n) is 11.6. The lowest BCUT2D eigenvalue weighted by Crippen LogP contribution is -2.45. The van der Waals surface area contributed by atoms with Crippen LogP contribution in [-0.4, -0.2) is 68.7 Å². The van der Waals surface area contributed by atoms with Crippen molar-refractivity contribution in [2.75, 3.05) is 20.3 Å². The number of ether oxygens (including phenoxy) is 1. The van der Waals surface area contributed by atoms with Crippen LogP contribution in [0, 0.1) is 12.8 Å². The molecule has 5 atom stereocenters. The summed E-state index contributed by atoms with van der Waals surface area (Å²) in [5, 5.41) is 15.5. The zero-order valence-corrected chi connectivity index (χ0v) is 22.2. The van der Waals surface area contributed by atoms with E-state index in [0.717, 1.165) is 11.0 Å². The van der Waals surface area contributed by atoms with E-state index in [1.807, 2.05) is 6.92 Å². The van der Waals surface area contributed by atoms with Gasteiger partial charge >= 0.3 is 19.5 Å². The van der Waals surface area contributed by atoms with Crippen molar-refractivity contribution in [3.05, 3.63) is 43.0 Å². The van der Waals surface area contributed by atoms with E-state index in [1.54, 1.807) is 13.8 Å². The molecular weight excluding hydrogens is 515 g/mol. The lowest BCUT2D eigenvalue weighted by atomic mass is 10.0. The fourth-order valence-electron chi connectivity index (χ4n) is 3.79. The molecule has 1 unspecified atom stereocenters. The highest BCUT2D eigenvalue weighted by Gasteiger charge is 2.49. The number of aryl methyl sites for hydroxylation is 1. The zero-order valence-electron chi connectivity index (χ0n) is 21.3. The third-order valence-corrected chi connectivity index (χ3v) is 6.62. The van der Waals surface area contributed by atoms with E-state index >= 15 is 0 Å².